The molecule has 0 saturated carbocycles. The summed E-state index contributed by atoms with van der Waals surface area (Å²) >= 11 is 3.41. The first-order valence-electron chi connectivity index (χ1n) is 4.48. The first kappa shape index (κ1) is 11.4. The molecule has 14 heavy (non-hydrogen) atoms. The molecule has 0 radical (unpaired) electrons. The molecule has 0 aliphatic carbocycles. The second-order valence-electron chi connectivity index (χ2n) is 3.05. The first-order valence-corrected chi connectivity index (χ1v) is 5.27. The second-order valence-corrected chi connectivity index (χ2v) is 3.90. The molecule has 0 unspecified atom stereocenters. The molecule has 0 spiro atoms. The number of ketones is 1. The molecule has 2 nitrogen and oxygen atoms in total. The van der Waals surface area contributed by atoms with Gasteiger partial charge in [0.1, 0.15) is 5.78 Å². The minimum Gasteiger partial charge on any atom is -0.384 e. The Morgan fingerprint density at radius 3 is 2.79 bits per heavy atom. The molecule has 0 aliphatic rings. The Kier molecular flexibility index (Phi) is 4.84. The van der Waals surface area contributed by atoms with Crippen molar-refractivity contribution < 1.29 is 9.53 Å². The summed E-state index contributed by atoms with van der Waals surface area (Å²) in [6.07, 6.45) is 0.961. The smallest absolute Gasteiger partial charge is 0.139 e. The topological polar surface area (TPSA) is 26.3 Å². The van der Waals surface area contributed by atoms with Gasteiger partial charge in [-0.3, -0.25) is 4.79 Å². The van der Waals surface area contributed by atoms with E-state index in [-0.39, 0.29) is 5.78 Å². The molecule has 3 heteroatoms. The Labute approximate surface area is 92.4 Å². The lowest BCUT2D eigenvalue weighted by molar-refractivity contribution is -0.119. The monoisotopic (exact) mass is 256 g/mol. The molecule has 0 aromatic heterocycles. The number of rotatable bonds is 5. The number of methoxy groups -OCH3 is 1. The molecule has 0 saturated heterocycles. The highest BCUT2D eigenvalue weighted by molar-refractivity contribution is 9.10. The van der Waals surface area contributed by atoms with Crippen LogP contribution in [-0.4, -0.2) is 19.5 Å². The summed E-state index contributed by atoms with van der Waals surface area (Å²) < 4.78 is 5.84. The number of halogens is 1. The van der Waals surface area contributed by atoms with Gasteiger partial charge in [0, 0.05) is 24.4 Å². The lowest BCUT2D eigenvalue weighted by atomic mass is 10.1. The van der Waals surface area contributed by atoms with E-state index in [2.05, 4.69) is 15.9 Å². The predicted molar refractivity (Wildman–Crippen MR) is 59.3 cm³/mol. The molecule has 0 aliphatic heterocycles. The van der Waals surface area contributed by atoms with Crippen molar-refractivity contribution >= 4 is 21.7 Å². The van der Waals surface area contributed by atoms with Gasteiger partial charge in [0.25, 0.3) is 0 Å². The normalized spacial score (nSPS) is 10.1. The van der Waals surface area contributed by atoms with Gasteiger partial charge >= 0.3 is 0 Å². The van der Waals surface area contributed by atoms with E-state index in [9.17, 15) is 4.79 Å². The van der Waals surface area contributed by atoms with Crippen molar-refractivity contribution in [2.24, 2.45) is 0 Å². The minimum absolute atomic E-state index is 0.207. The van der Waals surface area contributed by atoms with Crippen LogP contribution in [-0.2, 0) is 16.0 Å². The zero-order chi connectivity index (χ0) is 10.4. The molecule has 1 aromatic carbocycles. The number of benzene rings is 1. The molecule has 76 valence electrons. The molecule has 0 bridgehead atoms. The van der Waals surface area contributed by atoms with E-state index in [0.29, 0.717) is 19.4 Å². The summed E-state index contributed by atoms with van der Waals surface area (Å²) in [5, 5.41) is 0. The highest BCUT2D eigenvalue weighted by Crippen LogP contribution is 2.16. The van der Waals surface area contributed by atoms with Crippen LogP contribution in [0.5, 0.6) is 0 Å². The summed E-state index contributed by atoms with van der Waals surface area (Å²) in [6.45, 7) is 0.503. The van der Waals surface area contributed by atoms with Crippen LogP contribution in [0.1, 0.15) is 12.0 Å². The third-order valence-electron chi connectivity index (χ3n) is 1.93. The Morgan fingerprint density at radius 1 is 1.43 bits per heavy atom. The maximum Gasteiger partial charge on any atom is 0.139 e. The van der Waals surface area contributed by atoms with Gasteiger partial charge in [-0.2, -0.15) is 0 Å². The van der Waals surface area contributed by atoms with Crippen molar-refractivity contribution in [3.05, 3.63) is 34.3 Å². The van der Waals surface area contributed by atoms with Crippen molar-refractivity contribution in [2.75, 3.05) is 13.7 Å². The number of hydrogen-bond acceptors (Lipinski definition) is 2. The quantitative estimate of drug-likeness (QED) is 0.810. The molecule has 0 heterocycles. The molecule has 1 rings (SSSR count). The van der Waals surface area contributed by atoms with Crippen molar-refractivity contribution in [2.45, 2.75) is 12.8 Å². The maximum absolute atomic E-state index is 11.4. The summed E-state index contributed by atoms with van der Waals surface area (Å²) in [5.74, 6) is 0.207. The van der Waals surface area contributed by atoms with Crippen LogP contribution >= 0.6 is 15.9 Å². The lowest BCUT2D eigenvalue weighted by Crippen LogP contribution is -2.06. The third kappa shape index (κ3) is 3.60. The van der Waals surface area contributed by atoms with Crippen LogP contribution in [0.2, 0.25) is 0 Å². The zero-order valence-electron chi connectivity index (χ0n) is 8.13. The van der Waals surface area contributed by atoms with E-state index in [1.807, 2.05) is 24.3 Å². The van der Waals surface area contributed by atoms with Crippen molar-refractivity contribution in [3.8, 4) is 0 Å². The molecular weight excluding hydrogens is 244 g/mol. The third-order valence-corrected chi connectivity index (χ3v) is 2.70. The summed E-state index contributed by atoms with van der Waals surface area (Å²) in [6, 6.07) is 7.77. The van der Waals surface area contributed by atoms with Crippen molar-refractivity contribution in [3.63, 3.8) is 0 Å². The number of carbonyl (C=O) groups excluding carboxylic acids is 1. The van der Waals surface area contributed by atoms with Crippen molar-refractivity contribution in [1.29, 1.82) is 0 Å². The second kappa shape index (κ2) is 5.94. The predicted octanol–water partition coefficient (Wildman–Crippen LogP) is 2.60. The van der Waals surface area contributed by atoms with Gasteiger partial charge in [-0.05, 0) is 11.6 Å². The largest absolute Gasteiger partial charge is 0.384 e. The summed E-state index contributed by atoms with van der Waals surface area (Å²) in [7, 11) is 1.60. The number of Topliss-reactive ketones (excluding diaryl/α,β-unsaturated/α-hetero) is 1. The Hall–Kier alpha value is -0.670. The van der Waals surface area contributed by atoms with Gasteiger partial charge in [-0.1, -0.05) is 34.1 Å². The van der Waals surface area contributed by atoms with Crippen LogP contribution < -0.4 is 0 Å². The Balaban J connectivity index is 2.52. The standard InChI is InChI=1S/C11H13BrO2/c1-14-7-6-10(13)8-9-4-2-3-5-11(9)12/h2-5H,6-8H2,1H3. The van der Waals surface area contributed by atoms with Gasteiger partial charge in [0.2, 0.25) is 0 Å². The molecule has 0 amide bonds. The van der Waals surface area contributed by atoms with Crippen LogP contribution in [0.4, 0.5) is 0 Å². The van der Waals surface area contributed by atoms with E-state index in [1.54, 1.807) is 7.11 Å². The summed E-state index contributed by atoms with van der Waals surface area (Å²) in [5.41, 5.74) is 1.04. The van der Waals surface area contributed by atoms with Crippen molar-refractivity contribution in [1.82, 2.24) is 0 Å². The van der Waals surface area contributed by atoms with Crippen LogP contribution in [0.3, 0.4) is 0 Å². The SMILES string of the molecule is COCCC(=O)Cc1ccccc1Br. The fraction of sp³-hybridized carbons (Fsp3) is 0.364. The number of ether oxygens (including phenoxy) is 1. The molecule has 1 aromatic rings. The van der Waals surface area contributed by atoms with E-state index >= 15 is 0 Å². The molecular formula is C11H13BrO2. The fourth-order valence-corrected chi connectivity index (χ4v) is 1.58. The summed E-state index contributed by atoms with van der Waals surface area (Å²) in [4.78, 5) is 11.4. The van der Waals surface area contributed by atoms with E-state index in [4.69, 9.17) is 4.74 Å². The highest BCUT2D eigenvalue weighted by atomic mass is 79.9. The number of carbonyl (C=O) groups is 1. The van der Waals surface area contributed by atoms with Gasteiger partial charge < -0.3 is 4.74 Å². The average molecular weight is 257 g/mol. The molecule has 0 N–H and O–H groups in total. The number of hydrogen-bond donors (Lipinski definition) is 0. The van der Waals surface area contributed by atoms with E-state index in [0.717, 1.165) is 10.0 Å². The Morgan fingerprint density at radius 2 is 2.14 bits per heavy atom. The molecule has 0 fully saturated rings. The minimum atomic E-state index is 0.207. The van der Waals surface area contributed by atoms with Gasteiger partial charge in [-0.15, -0.1) is 0 Å². The highest BCUT2D eigenvalue weighted by Gasteiger charge is 2.05. The van der Waals surface area contributed by atoms with E-state index in [1.165, 1.54) is 0 Å². The van der Waals surface area contributed by atoms with Crippen LogP contribution in [0.15, 0.2) is 28.7 Å². The van der Waals surface area contributed by atoms with Gasteiger partial charge in [0.15, 0.2) is 0 Å². The van der Waals surface area contributed by atoms with E-state index < -0.39 is 0 Å². The lowest BCUT2D eigenvalue weighted by Gasteiger charge is -2.02. The maximum atomic E-state index is 11.4. The van der Waals surface area contributed by atoms with Crippen LogP contribution in [0, 0.1) is 0 Å². The van der Waals surface area contributed by atoms with Gasteiger partial charge in [0.05, 0.1) is 6.61 Å². The fourth-order valence-electron chi connectivity index (χ4n) is 1.16. The Bertz CT molecular complexity index is 310. The first-order chi connectivity index (χ1) is 6.74. The average Bonchev–Trinajstić information content (AvgIpc) is 2.18. The van der Waals surface area contributed by atoms with Gasteiger partial charge in [-0.25, -0.2) is 0 Å². The zero-order valence-corrected chi connectivity index (χ0v) is 9.71. The van der Waals surface area contributed by atoms with Crippen LogP contribution in [0.25, 0.3) is 0 Å². The molecule has 0 atom stereocenters.